The van der Waals surface area contributed by atoms with E-state index in [1.807, 2.05) is 19.3 Å². The highest BCUT2D eigenvalue weighted by Crippen LogP contribution is 2.24. The Labute approximate surface area is 119 Å². The molecule has 0 spiro atoms. The number of imidazole rings is 1. The molecule has 1 saturated heterocycles. The predicted octanol–water partition coefficient (Wildman–Crippen LogP) is 1.98. The van der Waals surface area contributed by atoms with Crippen molar-refractivity contribution in [2.75, 3.05) is 18.0 Å². The maximum absolute atomic E-state index is 4.43. The minimum absolute atomic E-state index is 0.732. The minimum Gasteiger partial charge on any atom is -0.356 e. The molecule has 0 N–H and O–H groups in total. The standard InChI is InChI=1S/C15H21N5/c1-12-9-15(18-11-17-12)20-6-3-13(4-7-20)10-14-16-5-8-19(14)2/h5,8-9,11,13H,3-4,6-7,10H2,1-2H3. The van der Waals surface area contributed by atoms with E-state index >= 15 is 0 Å². The molecule has 0 bridgehead atoms. The van der Waals surface area contributed by atoms with E-state index in [1.54, 1.807) is 6.33 Å². The summed E-state index contributed by atoms with van der Waals surface area (Å²) in [7, 11) is 2.07. The molecule has 20 heavy (non-hydrogen) atoms. The first kappa shape index (κ1) is 13.1. The summed E-state index contributed by atoms with van der Waals surface area (Å²) < 4.78 is 2.13. The van der Waals surface area contributed by atoms with Crippen molar-refractivity contribution in [3.8, 4) is 0 Å². The van der Waals surface area contributed by atoms with Gasteiger partial charge < -0.3 is 9.47 Å². The lowest BCUT2D eigenvalue weighted by atomic mass is 9.93. The van der Waals surface area contributed by atoms with Crippen LogP contribution in [0.15, 0.2) is 24.8 Å². The molecule has 2 aromatic rings. The summed E-state index contributed by atoms with van der Waals surface area (Å²) in [6.45, 7) is 4.16. The molecule has 1 aliphatic heterocycles. The molecule has 0 saturated carbocycles. The molecule has 106 valence electrons. The summed E-state index contributed by atoms with van der Waals surface area (Å²) >= 11 is 0. The van der Waals surface area contributed by atoms with Gasteiger partial charge in [-0.15, -0.1) is 0 Å². The van der Waals surface area contributed by atoms with Crippen LogP contribution in [-0.2, 0) is 13.5 Å². The van der Waals surface area contributed by atoms with Crippen molar-refractivity contribution < 1.29 is 0 Å². The van der Waals surface area contributed by atoms with Gasteiger partial charge in [0.1, 0.15) is 18.0 Å². The van der Waals surface area contributed by atoms with E-state index < -0.39 is 0 Å². The quantitative estimate of drug-likeness (QED) is 0.856. The fraction of sp³-hybridized carbons (Fsp3) is 0.533. The van der Waals surface area contributed by atoms with Gasteiger partial charge in [-0.1, -0.05) is 0 Å². The summed E-state index contributed by atoms with van der Waals surface area (Å²) in [5.74, 6) is 2.99. The molecule has 5 nitrogen and oxygen atoms in total. The van der Waals surface area contributed by atoms with Crippen LogP contribution >= 0.6 is 0 Å². The second-order valence-electron chi connectivity index (χ2n) is 5.61. The van der Waals surface area contributed by atoms with Gasteiger partial charge in [-0.05, 0) is 25.7 Å². The monoisotopic (exact) mass is 271 g/mol. The van der Waals surface area contributed by atoms with Crippen molar-refractivity contribution in [3.05, 3.63) is 36.3 Å². The average Bonchev–Trinajstić information content (AvgIpc) is 2.85. The van der Waals surface area contributed by atoms with Gasteiger partial charge in [0.15, 0.2) is 0 Å². The molecule has 0 aliphatic carbocycles. The molecule has 1 fully saturated rings. The average molecular weight is 271 g/mol. The Hall–Kier alpha value is -1.91. The molecule has 0 aromatic carbocycles. The Morgan fingerprint density at radius 1 is 1.20 bits per heavy atom. The van der Waals surface area contributed by atoms with Crippen LogP contribution < -0.4 is 4.90 Å². The van der Waals surface area contributed by atoms with Crippen molar-refractivity contribution in [2.24, 2.45) is 13.0 Å². The zero-order chi connectivity index (χ0) is 13.9. The van der Waals surface area contributed by atoms with Crippen LogP contribution in [0.1, 0.15) is 24.4 Å². The van der Waals surface area contributed by atoms with Gasteiger partial charge in [0.05, 0.1) is 0 Å². The Kier molecular flexibility index (Phi) is 3.67. The summed E-state index contributed by atoms with van der Waals surface area (Å²) in [6.07, 6.45) is 9.05. The van der Waals surface area contributed by atoms with E-state index in [-0.39, 0.29) is 0 Å². The fourth-order valence-corrected chi connectivity index (χ4v) is 2.83. The Balaban J connectivity index is 1.58. The van der Waals surface area contributed by atoms with Gasteiger partial charge in [0.2, 0.25) is 0 Å². The molecule has 0 atom stereocenters. The number of piperidine rings is 1. The molecule has 0 radical (unpaired) electrons. The molecule has 0 amide bonds. The van der Waals surface area contributed by atoms with Crippen LogP contribution in [0.25, 0.3) is 0 Å². The van der Waals surface area contributed by atoms with Crippen molar-refractivity contribution in [3.63, 3.8) is 0 Å². The zero-order valence-corrected chi connectivity index (χ0v) is 12.2. The predicted molar refractivity (Wildman–Crippen MR) is 78.6 cm³/mol. The highest BCUT2D eigenvalue weighted by molar-refractivity contribution is 5.38. The largest absolute Gasteiger partial charge is 0.356 e. The summed E-state index contributed by atoms with van der Waals surface area (Å²) in [6, 6.07) is 2.07. The number of aryl methyl sites for hydroxylation is 2. The van der Waals surface area contributed by atoms with E-state index in [0.717, 1.165) is 36.9 Å². The molecule has 3 heterocycles. The van der Waals surface area contributed by atoms with Crippen LogP contribution in [0, 0.1) is 12.8 Å². The van der Waals surface area contributed by atoms with Gasteiger partial charge in [-0.2, -0.15) is 0 Å². The molecule has 1 aliphatic rings. The minimum atomic E-state index is 0.732. The van der Waals surface area contributed by atoms with Crippen molar-refractivity contribution >= 4 is 5.82 Å². The number of hydrogen-bond donors (Lipinski definition) is 0. The van der Waals surface area contributed by atoms with E-state index in [0.29, 0.717) is 0 Å². The number of anilines is 1. The van der Waals surface area contributed by atoms with Crippen LogP contribution in [0.4, 0.5) is 5.82 Å². The number of rotatable bonds is 3. The smallest absolute Gasteiger partial charge is 0.132 e. The Bertz CT molecular complexity index is 569. The van der Waals surface area contributed by atoms with Gasteiger partial charge in [-0.25, -0.2) is 15.0 Å². The SMILES string of the molecule is Cc1cc(N2CCC(Cc3nccn3C)CC2)ncn1. The van der Waals surface area contributed by atoms with Gasteiger partial charge in [0.25, 0.3) is 0 Å². The fourth-order valence-electron chi connectivity index (χ4n) is 2.83. The Morgan fingerprint density at radius 3 is 2.65 bits per heavy atom. The molecule has 0 unspecified atom stereocenters. The third-order valence-corrected chi connectivity index (χ3v) is 4.12. The van der Waals surface area contributed by atoms with Crippen LogP contribution in [-0.4, -0.2) is 32.6 Å². The first-order chi connectivity index (χ1) is 9.72. The zero-order valence-electron chi connectivity index (χ0n) is 12.2. The number of aromatic nitrogens is 4. The molecule has 5 heteroatoms. The lowest BCUT2D eigenvalue weighted by Gasteiger charge is -2.32. The molecule has 3 rings (SSSR count). The second kappa shape index (κ2) is 5.61. The lowest BCUT2D eigenvalue weighted by molar-refractivity contribution is 0.392. The van der Waals surface area contributed by atoms with Crippen LogP contribution in [0.2, 0.25) is 0 Å². The van der Waals surface area contributed by atoms with Crippen molar-refractivity contribution in [1.29, 1.82) is 0 Å². The molecule has 2 aromatic heterocycles. The molecular weight excluding hydrogens is 250 g/mol. The molecular formula is C15H21N5. The maximum atomic E-state index is 4.43. The topological polar surface area (TPSA) is 46.8 Å². The van der Waals surface area contributed by atoms with E-state index in [1.165, 1.54) is 18.7 Å². The first-order valence-electron chi connectivity index (χ1n) is 7.22. The van der Waals surface area contributed by atoms with E-state index in [4.69, 9.17) is 0 Å². The van der Waals surface area contributed by atoms with Crippen LogP contribution in [0.5, 0.6) is 0 Å². The number of nitrogens with zero attached hydrogens (tertiary/aromatic N) is 5. The van der Waals surface area contributed by atoms with Gasteiger partial charge in [0, 0.05) is 50.7 Å². The summed E-state index contributed by atoms with van der Waals surface area (Å²) in [4.78, 5) is 15.3. The summed E-state index contributed by atoms with van der Waals surface area (Å²) in [5.41, 5.74) is 1.03. The van der Waals surface area contributed by atoms with Gasteiger partial charge >= 0.3 is 0 Å². The lowest BCUT2D eigenvalue weighted by Crippen LogP contribution is -2.35. The van der Waals surface area contributed by atoms with Crippen LogP contribution in [0.3, 0.4) is 0 Å². The van der Waals surface area contributed by atoms with Crippen molar-refractivity contribution in [1.82, 2.24) is 19.5 Å². The second-order valence-corrected chi connectivity index (χ2v) is 5.61. The highest BCUT2D eigenvalue weighted by Gasteiger charge is 2.21. The highest BCUT2D eigenvalue weighted by atomic mass is 15.2. The van der Waals surface area contributed by atoms with E-state index in [9.17, 15) is 0 Å². The number of hydrogen-bond acceptors (Lipinski definition) is 4. The van der Waals surface area contributed by atoms with Gasteiger partial charge in [-0.3, -0.25) is 0 Å². The third-order valence-electron chi connectivity index (χ3n) is 4.12. The van der Waals surface area contributed by atoms with Crippen molar-refractivity contribution in [2.45, 2.75) is 26.2 Å². The normalized spacial score (nSPS) is 16.6. The maximum Gasteiger partial charge on any atom is 0.132 e. The first-order valence-corrected chi connectivity index (χ1v) is 7.22. The van der Waals surface area contributed by atoms with E-state index in [2.05, 4.69) is 37.5 Å². The third kappa shape index (κ3) is 2.81. The Morgan fingerprint density at radius 2 is 2.00 bits per heavy atom. The summed E-state index contributed by atoms with van der Waals surface area (Å²) in [5, 5.41) is 0.